The summed E-state index contributed by atoms with van der Waals surface area (Å²) >= 11 is 5.97. The van der Waals surface area contributed by atoms with E-state index < -0.39 is 0 Å². The van der Waals surface area contributed by atoms with Crippen molar-refractivity contribution in [2.75, 3.05) is 25.6 Å². The van der Waals surface area contributed by atoms with Gasteiger partial charge in [-0.2, -0.15) is 0 Å². The average molecular weight is 279 g/mol. The Kier molecular flexibility index (Phi) is 6.95. The minimum atomic E-state index is -0.0382. The number of ether oxygens (including phenoxy) is 1. The fourth-order valence-corrected chi connectivity index (χ4v) is 1.55. The number of methoxy groups -OCH3 is 1. The molecule has 1 aromatic carbocycles. The molecule has 0 fully saturated rings. The number of anilines is 1. The van der Waals surface area contributed by atoms with E-state index in [1.54, 1.807) is 32.4 Å². The van der Waals surface area contributed by atoms with Crippen molar-refractivity contribution in [2.45, 2.75) is 6.42 Å². The molecule has 0 aliphatic carbocycles. The highest BCUT2D eigenvalue weighted by Crippen LogP contribution is 2.28. The van der Waals surface area contributed by atoms with Gasteiger partial charge >= 0.3 is 0 Å². The largest absolute Gasteiger partial charge is 0.495 e. The van der Waals surface area contributed by atoms with Crippen LogP contribution in [0.5, 0.6) is 5.75 Å². The van der Waals surface area contributed by atoms with Crippen LogP contribution in [0.4, 0.5) is 5.69 Å². The van der Waals surface area contributed by atoms with Crippen LogP contribution < -0.4 is 15.4 Å². The van der Waals surface area contributed by atoms with E-state index in [2.05, 4.69) is 0 Å². The SMILES string of the molecule is COc1ccc(N(C)C(=O)CCN)cc1Cl.Cl. The summed E-state index contributed by atoms with van der Waals surface area (Å²) in [5.41, 5.74) is 6.05. The van der Waals surface area contributed by atoms with E-state index in [1.807, 2.05) is 0 Å². The van der Waals surface area contributed by atoms with Gasteiger partial charge in [-0.25, -0.2) is 0 Å². The maximum atomic E-state index is 11.6. The third kappa shape index (κ3) is 4.07. The minimum absolute atomic E-state index is 0. The maximum absolute atomic E-state index is 11.6. The van der Waals surface area contributed by atoms with Crippen molar-refractivity contribution in [2.24, 2.45) is 5.73 Å². The fourth-order valence-electron chi connectivity index (χ4n) is 1.30. The molecular formula is C11H16Cl2N2O2. The van der Waals surface area contributed by atoms with Gasteiger partial charge in [-0.15, -0.1) is 12.4 Å². The zero-order chi connectivity index (χ0) is 12.1. The van der Waals surface area contributed by atoms with Gasteiger partial charge in [0.2, 0.25) is 5.91 Å². The van der Waals surface area contributed by atoms with Crippen LogP contribution in [0.1, 0.15) is 6.42 Å². The molecule has 6 heteroatoms. The van der Waals surface area contributed by atoms with Crippen molar-refractivity contribution in [3.05, 3.63) is 23.2 Å². The number of rotatable bonds is 4. The van der Waals surface area contributed by atoms with E-state index in [-0.39, 0.29) is 18.3 Å². The second-order valence-electron chi connectivity index (χ2n) is 3.31. The molecule has 0 atom stereocenters. The molecule has 17 heavy (non-hydrogen) atoms. The minimum Gasteiger partial charge on any atom is -0.495 e. The molecule has 1 aromatic rings. The van der Waals surface area contributed by atoms with E-state index >= 15 is 0 Å². The zero-order valence-corrected chi connectivity index (χ0v) is 11.3. The lowest BCUT2D eigenvalue weighted by Crippen LogP contribution is -2.28. The highest BCUT2D eigenvalue weighted by atomic mass is 35.5. The van der Waals surface area contributed by atoms with E-state index in [0.29, 0.717) is 23.7 Å². The first-order chi connectivity index (χ1) is 7.60. The molecule has 0 bridgehead atoms. The summed E-state index contributed by atoms with van der Waals surface area (Å²) in [7, 11) is 3.24. The second-order valence-corrected chi connectivity index (χ2v) is 3.72. The highest BCUT2D eigenvalue weighted by molar-refractivity contribution is 6.32. The summed E-state index contributed by atoms with van der Waals surface area (Å²) in [6.07, 6.45) is 0.320. The Balaban J connectivity index is 0.00000256. The predicted molar refractivity (Wildman–Crippen MR) is 72.3 cm³/mol. The number of nitrogens with two attached hydrogens (primary N) is 1. The monoisotopic (exact) mass is 278 g/mol. The van der Waals surface area contributed by atoms with E-state index in [4.69, 9.17) is 22.1 Å². The molecule has 0 spiro atoms. The number of nitrogens with zero attached hydrogens (tertiary/aromatic N) is 1. The van der Waals surface area contributed by atoms with Crippen LogP contribution in [0.3, 0.4) is 0 Å². The van der Waals surface area contributed by atoms with Crippen molar-refractivity contribution < 1.29 is 9.53 Å². The van der Waals surface area contributed by atoms with Gasteiger partial charge in [0.1, 0.15) is 5.75 Å². The van der Waals surface area contributed by atoms with Crippen LogP contribution in [0.2, 0.25) is 5.02 Å². The molecule has 1 rings (SSSR count). The number of benzene rings is 1. The van der Waals surface area contributed by atoms with Gasteiger partial charge in [0.15, 0.2) is 0 Å². The van der Waals surface area contributed by atoms with Crippen LogP contribution in [-0.4, -0.2) is 26.6 Å². The number of amides is 1. The Bertz CT molecular complexity index is 386. The van der Waals surface area contributed by atoms with Crippen LogP contribution in [-0.2, 0) is 4.79 Å². The quantitative estimate of drug-likeness (QED) is 0.918. The average Bonchev–Trinajstić information content (AvgIpc) is 2.28. The lowest BCUT2D eigenvalue weighted by molar-refractivity contribution is -0.118. The van der Waals surface area contributed by atoms with Gasteiger partial charge in [0.05, 0.1) is 12.1 Å². The summed E-state index contributed by atoms with van der Waals surface area (Å²) in [6, 6.07) is 5.19. The topological polar surface area (TPSA) is 55.6 Å². The molecule has 0 unspecified atom stereocenters. The van der Waals surface area contributed by atoms with Crippen molar-refractivity contribution in [3.63, 3.8) is 0 Å². The number of halogens is 2. The molecule has 0 radical (unpaired) electrons. The van der Waals surface area contributed by atoms with Crippen molar-refractivity contribution in [1.82, 2.24) is 0 Å². The lowest BCUT2D eigenvalue weighted by atomic mass is 10.2. The Hall–Kier alpha value is -0.970. The molecule has 0 aliphatic rings. The first-order valence-electron chi connectivity index (χ1n) is 4.90. The molecule has 0 aromatic heterocycles. The second kappa shape index (κ2) is 7.37. The zero-order valence-electron chi connectivity index (χ0n) is 9.77. The summed E-state index contributed by atoms with van der Waals surface area (Å²) in [5, 5.41) is 0.479. The first kappa shape index (κ1) is 16.0. The van der Waals surface area contributed by atoms with Crippen LogP contribution in [0, 0.1) is 0 Å². The van der Waals surface area contributed by atoms with Crippen molar-refractivity contribution >= 4 is 35.6 Å². The molecule has 0 aliphatic heterocycles. The van der Waals surface area contributed by atoms with E-state index in [9.17, 15) is 4.79 Å². The Morgan fingerprint density at radius 1 is 1.53 bits per heavy atom. The molecular weight excluding hydrogens is 263 g/mol. The van der Waals surface area contributed by atoms with E-state index in [0.717, 1.165) is 5.69 Å². The smallest absolute Gasteiger partial charge is 0.227 e. The summed E-state index contributed by atoms with van der Waals surface area (Å²) < 4.78 is 5.03. The molecule has 2 N–H and O–H groups in total. The molecule has 0 saturated heterocycles. The number of carbonyl (C=O) groups excluding carboxylic acids is 1. The summed E-state index contributed by atoms with van der Waals surface area (Å²) in [4.78, 5) is 13.1. The normalized spacial score (nSPS) is 9.41. The molecule has 1 amide bonds. The predicted octanol–water partition coefficient (Wildman–Crippen LogP) is 2.08. The molecule has 0 saturated carbocycles. The third-order valence-corrected chi connectivity index (χ3v) is 2.55. The summed E-state index contributed by atoms with van der Waals surface area (Å²) in [5.74, 6) is 0.550. The Labute approximate surface area is 112 Å². The van der Waals surface area contributed by atoms with Gasteiger partial charge in [0, 0.05) is 25.7 Å². The number of hydrogen-bond acceptors (Lipinski definition) is 3. The highest BCUT2D eigenvalue weighted by Gasteiger charge is 2.11. The molecule has 96 valence electrons. The van der Waals surface area contributed by atoms with Crippen LogP contribution >= 0.6 is 24.0 Å². The maximum Gasteiger partial charge on any atom is 0.227 e. The van der Waals surface area contributed by atoms with Gasteiger partial charge in [-0.3, -0.25) is 4.79 Å². The molecule has 4 nitrogen and oxygen atoms in total. The summed E-state index contributed by atoms with van der Waals surface area (Å²) in [6.45, 7) is 0.340. The number of hydrogen-bond donors (Lipinski definition) is 1. The van der Waals surface area contributed by atoms with Gasteiger partial charge in [0.25, 0.3) is 0 Å². The lowest BCUT2D eigenvalue weighted by Gasteiger charge is -2.17. The number of carbonyl (C=O) groups is 1. The van der Waals surface area contributed by atoms with Crippen molar-refractivity contribution in [3.8, 4) is 5.75 Å². The van der Waals surface area contributed by atoms with Gasteiger partial charge < -0.3 is 15.4 Å². The third-order valence-electron chi connectivity index (χ3n) is 2.25. The Morgan fingerprint density at radius 2 is 2.18 bits per heavy atom. The van der Waals surface area contributed by atoms with Gasteiger partial charge in [-0.05, 0) is 18.2 Å². The molecule has 0 heterocycles. The fraction of sp³-hybridized carbons (Fsp3) is 0.364. The van der Waals surface area contributed by atoms with Crippen LogP contribution in [0.25, 0.3) is 0 Å². The van der Waals surface area contributed by atoms with E-state index in [1.165, 1.54) is 4.90 Å². The first-order valence-corrected chi connectivity index (χ1v) is 5.28. The van der Waals surface area contributed by atoms with Crippen molar-refractivity contribution in [1.29, 1.82) is 0 Å². The van der Waals surface area contributed by atoms with Gasteiger partial charge in [-0.1, -0.05) is 11.6 Å². The Morgan fingerprint density at radius 3 is 2.65 bits per heavy atom. The van der Waals surface area contributed by atoms with Crippen LogP contribution in [0.15, 0.2) is 18.2 Å². The standard InChI is InChI=1S/C11H15ClN2O2.ClH/c1-14(11(15)5-6-13)8-3-4-10(16-2)9(12)7-8;/h3-4,7H,5-6,13H2,1-2H3;1H.